The summed E-state index contributed by atoms with van der Waals surface area (Å²) < 4.78 is 6.21. The van der Waals surface area contributed by atoms with Gasteiger partial charge in [-0.1, -0.05) is 21.1 Å². The van der Waals surface area contributed by atoms with Gasteiger partial charge in [0.05, 0.1) is 5.25 Å². The molecular formula is C11H11BrN2OS. The lowest BCUT2D eigenvalue weighted by Crippen LogP contribution is -1.88. The van der Waals surface area contributed by atoms with Crippen molar-refractivity contribution in [3.8, 4) is 0 Å². The highest BCUT2D eigenvalue weighted by Crippen LogP contribution is 2.34. The second-order valence-electron chi connectivity index (χ2n) is 3.39. The summed E-state index contributed by atoms with van der Waals surface area (Å²) in [5.41, 5.74) is 0. The number of halogens is 1. The zero-order chi connectivity index (χ0) is 11.5. The third kappa shape index (κ3) is 2.86. The molecule has 5 heteroatoms. The third-order valence-corrected chi connectivity index (χ3v) is 3.65. The maximum Gasteiger partial charge on any atom is 0.239 e. The van der Waals surface area contributed by atoms with E-state index in [0.29, 0.717) is 11.7 Å². The zero-order valence-electron chi connectivity index (χ0n) is 8.98. The van der Waals surface area contributed by atoms with Crippen LogP contribution in [0.5, 0.6) is 0 Å². The van der Waals surface area contributed by atoms with Crippen molar-refractivity contribution < 1.29 is 4.52 Å². The Balaban J connectivity index is 2.07. The molecule has 0 spiro atoms. The van der Waals surface area contributed by atoms with Crippen molar-refractivity contribution in [3.63, 3.8) is 0 Å². The molecule has 0 fully saturated rings. The van der Waals surface area contributed by atoms with Crippen LogP contribution in [0.4, 0.5) is 0 Å². The van der Waals surface area contributed by atoms with Crippen LogP contribution >= 0.6 is 27.7 Å². The Hall–Kier alpha value is -0.810. The fourth-order valence-electron chi connectivity index (χ4n) is 1.25. The van der Waals surface area contributed by atoms with Gasteiger partial charge in [0, 0.05) is 9.37 Å². The first-order valence-electron chi connectivity index (χ1n) is 4.87. The molecular weight excluding hydrogens is 288 g/mol. The van der Waals surface area contributed by atoms with E-state index in [-0.39, 0.29) is 5.25 Å². The maximum atomic E-state index is 5.13. The van der Waals surface area contributed by atoms with Gasteiger partial charge >= 0.3 is 0 Å². The summed E-state index contributed by atoms with van der Waals surface area (Å²) in [5.74, 6) is 1.35. The summed E-state index contributed by atoms with van der Waals surface area (Å²) >= 11 is 5.11. The molecule has 1 atom stereocenters. The first-order valence-corrected chi connectivity index (χ1v) is 6.55. The van der Waals surface area contributed by atoms with E-state index < -0.39 is 0 Å². The highest BCUT2D eigenvalue weighted by Gasteiger charge is 2.13. The Labute approximate surface area is 107 Å². The number of hydrogen-bond donors (Lipinski definition) is 0. The molecule has 1 aromatic heterocycles. The van der Waals surface area contributed by atoms with Gasteiger partial charge in [-0.3, -0.25) is 0 Å². The second kappa shape index (κ2) is 5.01. The van der Waals surface area contributed by atoms with Crippen LogP contribution in [-0.2, 0) is 0 Å². The van der Waals surface area contributed by atoms with Crippen LogP contribution in [0.25, 0.3) is 0 Å². The molecule has 3 nitrogen and oxygen atoms in total. The van der Waals surface area contributed by atoms with Crippen molar-refractivity contribution in [3.05, 3.63) is 40.5 Å². The standard InChI is InChI=1S/C11H11BrN2OS/c1-7(11-13-8(2)14-15-11)16-10-5-3-9(12)4-6-10/h3-7H,1-2H3. The predicted molar refractivity (Wildman–Crippen MR) is 67.4 cm³/mol. The Morgan fingerprint density at radius 1 is 1.31 bits per heavy atom. The van der Waals surface area contributed by atoms with Gasteiger partial charge in [0.15, 0.2) is 5.82 Å². The molecule has 1 aromatic carbocycles. The molecule has 1 unspecified atom stereocenters. The molecule has 2 rings (SSSR count). The predicted octanol–water partition coefficient (Wildman–Crippen LogP) is 3.99. The highest BCUT2D eigenvalue weighted by molar-refractivity contribution is 9.10. The van der Waals surface area contributed by atoms with E-state index >= 15 is 0 Å². The minimum atomic E-state index is 0.169. The fourth-order valence-corrected chi connectivity index (χ4v) is 2.41. The van der Waals surface area contributed by atoms with E-state index in [9.17, 15) is 0 Å². The number of rotatable bonds is 3. The number of aromatic nitrogens is 2. The molecule has 16 heavy (non-hydrogen) atoms. The van der Waals surface area contributed by atoms with Crippen molar-refractivity contribution in [1.82, 2.24) is 10.1 Å². The largest absolute Gasteiger partial charge is 0.338 e. The van der Waals surface area contributed by atoms with Crippen molar-refractivity contribution in [2.45, 2.75) is 24.0 Å². The summed E-state index contributed by atoms with van der Waals surface area (Å²) in [7, 11) is 0. The van der Waals surface area contributed by atoms with Gasteiger partial charge in [0.25, 0.3) is 0 Å². The number of aryl methyl sites for hydroxylation is 1. The fraction of sp³-hybridized carbons (Fsp3) is 0.273. The quantitative estimate of drug-likeness (QED) is 0.803. The van der Waals surface area contributed by atoms with Crippen molar-refractivity contribution in [2.75, 3.05) is 0 Å². The minimum absolute atomic E-state index is 0.169. The van der Waals surface area contributed by atoms with Gasteiger partial charge < -0.3 is 4.52 Å². The average molecular weight is 299 g/mol. The van der Waals surface area contributed by atoms with E-state index in [1.807, 2.05) is 19.1 Å². The summed E-state index contributed by atoms with van der Waals surface area (Å²) in [5, 5.41) is 3.96. The van der Waals surface area contributed by atoms with Gasteiger partial charge in [0.2, 0.25) is 5.89 Å². The van der Waals surface area contributed by atoms with Gasteiger partial charge in [0.1, 0.15) is 0 Å². The van der Waals surface area contributed by atoms with Gasteiger partial charge in [-0.15, -0.1) is 11.8 Å². The van der Waals surface area contributed by atoms with Crippen LogP contribution in [0.2, 0.25) is 0 Å². The van der Waals surface area contributed by atoms with Crippen LogP contribution in [0.15, 0.2) is 38.2 Å². The normalized spacial score (nSPS) is 12.7. The third-order valence-electron chi connectivity index (χ3n) is 2.02. The molecule has 0 aliphatic heterocycles. The van der Waals surface area contributed by atoms with E-state index in [1.165, 1.54) is 4.90 Å². The maximum absolute atomic E-state index is 5.13. The molecule has 0 radical (unpaired) electrons. The average Bonchev–Trinajstić information content (AvgIpc) is 2.68. The monoisotopic (exact) mass is 298 g/mol. The SMILES string of the molecule is Cc1noc(C(C)Sc2ccc(Br)cc2)n1. The second-order valence-corrected chi connectivity index (χ2v) is 5.72. The number of benzene rings is 1. The van der Waals surface area contributed by atoms with Gasteiger partial charge in [-0.25, -0.2) is 0 Å². The number of thioether (sulfide) groups is 1. The molecule has 84 valence electrons. The Morgan fingerprint density at radius 3 is 2.56 bits per heavy atom. The highest BCUT2D eigenvalue weighted by atomic mass is 79.9. The number of hydrogen-bond acceptors (Lipinski definition) is 4. The van der Waals surface area contributed by atoms with Gasteiger partial charge in [-0.2, -0.15) is 4.98 Å². The molecule has 0 amide bonds. The summed E-state index contributed by atoms with van der Waals surface area (Å²) in [4.78, 5) is 5.40. The Bertz CT molecular complexity index is 469. The van der Waals surface area contributed by atoms with Crippen LogP contribution in [0.1, 0.15) is 23.9 Å². The molecule has 0 saturated heterocycles. The van der Waals surface area contributed by atoms with Crippen molar-refractivity contribution >= 4 is 27.7 Å². The molecule has 1 heterocycles. The summed E-state index contributed by atoms with van der Waals surface area (Å²) in [6.45, 7) is 3.88. The van der Waals surface area contributed by atoms with E-state index in [4.69, 9.17) is 4.52 Å². The smallest absolute Gasteiger partial charge is 0.239 e. The zero-order valence-corrected chi connectivity index (χ0v) is 11.4. The minimum Gasteiger partial charge on any atom is -0.338 e. The van der Waals surface area contributed by atoms with Crippen LogP contribution in [0.3, 0.4) is 0 Å². The van der Waals surface area contributed by atoms with Crippen molar-refractivity contribution in [2.24, 2.45) is 0 Å². The lowest BCUT2D eigenvalue weighted by Gasteiger charge is -2.05. The first-order chi connectivity index (χ1) is 7.65. The van der Waals surface area contributed by atoms with Crippen LogP contribution in [-0.4, -0.2) is 10.1 Å². The Morgan fingerprint density at radius 2 is 2.00 bits per heavy atom. The first kappa shape index (κ1) is 11.7. The summed E-state index contributed by atoms with van der Waals surface area (Å²) in [6, 6.07) is 8.17. The van der Waals surface area contributed by atoms with Crippen LogP contribution < -0.4 is 0 Å². The molecule has 0 saturated carbocycles. The Kier molecular flexibility index (Phi) is 3.66. The topological polar surface area (TPSA) is 38.9 Å². The van der Waals surface area contributed by atoms with Crippen molar-refractivity contribution in [1.29, 1.82) is 0 Å². The molecule has 0 bridgehead atoms. The molecule has 0 aliphatic carbocycles. The molecule has 0 N–H and O–H groups in total. The lowest BCUT2D eigenvalue weighted by molar-refractivity contribution is 0.376. The number of nitrogens with zero attached hydrogens (tertiary/aromatic N) is 2. The summed E-state index contributed by atoms with van der Waals surface area (Å²) in [6.07, 6.45) is 0. The lowest BCUT2D eigenvalue weighted by atomic mass is 10.4. The molecule has 2 aromatic rings. The van der Waals surface area contributed by atoms with Gasteiger partial charge in [-0.05, 0) is 38.1 Å². The van der Waals surface area contributed by atoms with E-state index in [1.54, 1.807) is 11.8 Å². The van der Waals surface area contributed by atoms with E-state index in [0.717, 1.165) is 4.47 Å². The van der Waals surface area contributed by atoms with Crippen LogP contribution in [0, 0.1) is 6.92 Å². The molecule has 0 aliphatic rings. The van der Waals surface area contributed by atoms with E-state index in [2.05, 4.69) is 45.1 Å².